The van der Waals surface area contributed by atoms with Crippen LogP contribution in [0.2, 0.25) is 0 Å². The van der Waals surface area contributed by atoms with Gasteiger partial charge in [-0.25, -0.2) is 16.8 Å². The molecule has 0 aliphatic heterocycles. The van der Waals surface area contributed by atoms with E-state index < -0.39 is 20.2 Å². The summed E-state index contributed by atoms with van der Waals surface area (Å²) in [6.45, 7) is 0. The zero-order valence-electron chi connectivity index (χ0n) is 32.3. The number of benzene rings is 2. The molecule has 0 saturated heterocycles. The van der Waals surface area contributed by atoms with Crippen LogP contribution in [0.15, 0.2) is 165 Å². The largest absolute Gasteiger partial charge is 2.00 e. The van der Waals surface area contributed by atoms with Gasteiger partial charge in [0.05, 0.1) is 9.79 Å². The van der Waals surface area contributed by atoms with Gasteiger partial charge in [-0.1, -0.05) is 0 Å². The van der Waals surface area contributed by atoms with Crippen LogP contribution < -0.4 is 11.5 Å². The molecule has 6 heterocycles. The predicted molar refractivity (Wildman–Crippen MR) is 226 cm³/mol. The van der Waals surface area contributed by atoms with E-state index >= 15 is 0 Å². The van der Waals surface area contributed by atoms with Gasteiger partial charge in [0.1, 0.15) is 20.2 Å². The van der Waals surface area contributed by atoms with E-state index in [1.54, 1.807) is 49.6 Å². The SMILES string of the molecule is Nc1ccc(S(=O)(=O)[O-])cc1.Nc1ccc(S(=O)(=O)[O-])cc1.O.O.[Co+2].[OH3+].[OH3+].[OH3+].[OH3+].c1cc(-c2nnc(-c3ccncc3)o2)ccn1.c1cc(-c2nnc(-c3ccncc3)o2)ccn1. The fourth-order valence-electron chi connectivity index (χ4n) is 4.16. The van der Waals surface area contributed by atoms with Crippen molar-refractivity contribution in [3.63, 3.8) is 0 Å². The van der Waals surface area contributed by atoms with Crippen LogP contribution in [0.1, 0.15) is 0 Å². The van der Waals surface area contributed by atoms with Crippen LogP contribution in [0.25, 0.3) is 45.8 Å². The van der Waals surface area contributed by atoms with Crippen LogP contribution in [-0.2, 0) is 58.9 Å². The minimum atomic E-state index is -4.33. The molecule has 63 heavy (non-hydrogen) atoms. The smallest absolute Gasteiger partial charge is 0.744 e. The maximum atomic E-state index is 10.3. The molecular weight excluding hydrogens is 920 g/mol. The topological polar surface area (TPSA) is 491 Å². The van der Waals surface area contributed by atoms with Gasteiger partial charge in [0.25, 0.3) is 0 Å². The van der Waals surface area contributed by atoms with E-state index in [1.807, 2.05) is 48.5 Å². The average Bonchev–Trinajstić information content (AvgIpc) is 3.92. The second-order valence-corrected chi connectivity index (χ2v) is 13.6. The molecule has 0 aliphatic carbocycles. The van der Waals surface area contributed by atoms with Crippen molar-refractivity contribution in [1.82, 2.24) is 40.3 Å². The van der Waals surface area contributed by atoms with Crippen LogP contribution in [-0.4, -0.2) is 77.2 Å². The van der Waals surface area contributed by atoms with Crippen molar-refractivity contribution in [2.75, 3.05) is 11.5 Å². The van der Waals surface area contributed by atoms with Crippen LogP contribution in [0, 0.1) is 0 Å². The van der Waals surface area contributed by atoms with Crippen molar-refractivity contribution >= 4 is 31.6 Å². The number of pyridine rings is 4. The fourth-order valence-corrected chi connectivity index (χ4v) is 5.10. The van der Waals surface area contributed by atoms with Gasteiger partial charge in [-0.3, -0.25) is 19.9 Å². The molecule has 0 fully saturated rings. The Labute approximate surface area is 368 Å². The van der Waals surface area contributed by atoms with E-state index in [1.165, 1.54) is 48.5 Å². The molecule has 0 unspecified atom stereocenters. The standard InChI is InChI=1S/2C12H8N4O.2C6H7NO3S.Co.6H2O/c2*1-5-13-6-2-9(1)11-15-16-12(17-11)10-3-7-14-8-4-10;2*7-5-1-3-6(4-2-5)11(8,9)10;;;;;;;/h2*1-8H;2*1-4H,7H2,(H,8,9,10);;6*1H2/q;;;;+2;;;;;;/p+2. The molecule has 6 aromatic heterocycles. The Balaban J connectivity index is -0.000000749. The third-order valence-electron chi connectivity index (χ3n) is 6.90. The van der Waals surface area contributed by atoms with Gasteiger partial charge in [0.2, 0.25) is 23.6 Å². The molecular formula is C36H44CoN10O14S2+4. The molecule has 8 rings (SSSR count). The Bertz CT molecular complexity index is 2360. The number of rotatable bonds is 6. The Hall–Kier alpha value is -6.99. The van der Waals surface area contributed by atoms with Gasteiger partial charge in [0, 0.05) is 83.2 Å². The van der Waals surface area contributed by atoms with Crippen molar-refractivity contribution in [3.05, 3.63) is 147 Å². The molecule has 24 nitrogen and oxygen atoms in total. The van der Waals surface area contributed by atoms with Crippen molar-refractivity contribution in [2.24, 2.45) is 0 Å². The molecule has 1 radical (unpaired) electrons. The van der Waals surface area contributed by atoms with E-state index in [-0.39, 0.29) is 59.4 Å². The normalized spacial score (nSPS) is 9.56. The summed E-state index contributed by atoms with van der Waals surface area (Å²) in [5.41, 5.74) is 14.8. The van der Waals surface area contributed by atoms with Gasteiger partial charge in [-0.15, -0.1) is 20.4 Å². The molecule has 20 N–H and O–H groups in total. The fraction of sp³-hybridized carbons (Fsp3) is 0. The molecule has 0 saturated carbocycles. The Morgan fingerprint density at radius 3 is 0.746 bits per heavy atom. The third-order valence-corrected chi connectivity index (χ3v) is 8.60. The summed E-state index contributed by atoms with van der Waals surface area (Å²) in [6, 6.07) is 24.8. The molecule has 339 valence electrons. The summed E-state index contributed by atoms with van der Waals surface area (Å²) >= 11 is 0. The monoisotopic (exact) mass is 963 g/mol. The molecule has 8 aromatic rings. The van der Waals surface area contributed by atoms with Crippen molar-refractivity contribution < 1.29 is 84.4 Å². The first-order valence-electron chi connectivity index (χ1n) is 15.8. The third kappa shape index (κ3) is 18.7. The number of anilines is 2. The van der Waals surface area contributed by atoms with E-state index in [4.69, 9.17) is 20.3 Å². The molecule has 0 amide bonds. The summed E-state index contributed by atoms with van der Waals surface area (Å²) in [5, 5.41) is 16.0. The van der Waals surface area contributed by atoms with Gasteiger partial charge in [-0.05, 0) is 97.1 Å². The second kappa shape index (κ2) is 28.5. The van der Waals surface area contributed by atoms with Crippen LogP contribution in [0.4, 0.5) is 11.4 Å². The summed E-state index contributed by atoms with van der Waals surface area (Å²) in [7, 11) is -8.65. The van der Waals surface area contributed by atoms with Crippen LogP contribution in [0.5, 0.6) is 0 Å². The number of nitrogens with zero attached hydrogens (tertiary/aromatic N) is 8. The van der Waals surface area contributed by atoms with E-state index in [9.17, 15) is 25.9 Å². The molecule has 2 aromatic carbocycles. The van der Waals surface area contributed by atoms with Crippen molar-refractivity contribution in [2.45, 2.75) is 9.79 Å². The minimum Gasteiger partial charge on any atom is -0.744 e. The number of nitrogens with two attached hydrogens (primary N) is 2. The van der Waals surface area contributed by atoms with Crippen molar-refractivity contribution in [3.8, 4) is 45.8 Å². The van der Waals surface area contributed by atoms with Gasteiger partial charge in [-0.2, -0.15) is 0 Å². The zero-order chi connectivity index (χ0) is 40.0. The number of nitrogen functional groups attached to an aromatic ring is 2. The molecule has 0 bridgehead atoms. The van der Waals surface area contributed by atoms with Crippen molar-refractivity contribution in [1.29, 1.82) is 0 Å². The summed E-state index contributed by atoms with van der Waals surface area (Å²) in [6.07, 6.45) is 13.5. The molecule has 0 spiro atoms. The van der Waals surface area contributed by atoms with E-state index in [2.05, 4.69) is 40.3 Å². The van der Waals surface area contributed by atoms with Gasteiger partial charge >= 0.3 is 16.8 Å². The molecule has 27 heteroatoms. The second-order valence-electron chi connectivity index (χ2n) is 10.8. The van der Waals surface area contributed by atoms with E-state index in [0.29, 0.717) is 34.9 Å². The Morgan fingerprint density at radius 2 is 0.571 bits per heavy atom. The van der Waals surface area contributed by atoms with Gasteiger partial charge < -0.3 is 62.3 Å². The first-order chi connectivity index (χ1) is 26.9. The average molecular weight is 964 g/mol. The van der Waals surface area contributed by atoms with E-state index in [0.717, 1.165) is 22.3 Å². The Kier molecular flexibility index (Phi) is 27.3. The zero-order valence-corrected chi connectivity index (χ0v) is 35.0. The van der Waals surface area contributed by atoms with Crippen LogP contribution in [0.3, 0.4) is 0 Å². The van der Waals surface area contributed by atoms with Crippen LogP contribution >= 0.6 is 0 Å². The Morgan fingerprint density at radius 1 is 0.381 bits per heavy atom. The first-order valence-corrected chi connectivity index (χ1v) is 18.6. The predicted octanol–water partition coefficient (Wildman–Crippen LogP) is -0.606. The number of aromatic nitrogens is 8. The number of hydrogen-bond donors (Lipinski definition) is 2. The maximum Gasteiger partial charge on any atom is 2.00 e. The first kappa shape index (κ1) is 60.3. The summed E-state index contributed by atoms with van der Waals surface area (Å²) < 4.78 is 73.2. The quantitative estimate of drug-likeness (QED) is 0.119. The summed E-state index contributed by atoms with van der Waals surface area (Å²) in [4.78, 5) is 15.2. The molecule has 0 atom stereocenters. The van der Waals surface area contributed by atoms with Gasteiger partial charge in [0.15, 0.2) is 0 Å². The maximum absolute atomic E-state index is 10.3. The molecule has 0 aliphatic rings. The minimum absolute atomic E-state index is 0. The number of hydrogen-bond acceptors (Lipinski definition) is 18. The summed E-state index contributed by atoms with van der Waals surface area (Å²) in [5.74, 6) is 1.94.